The fraction of sp³-hybridized carbons (Fsp3) is 0.308. The van der Waals surface area contributed by atoms with Gasteiger partial charge in [-0.1, -0.05) is 25.1 Å². The average Bonchev–Trinajstić information content (AvgIpc) is 2.38. The van der Waals surface area contributed by atoms with Gasteiger partial charge in [-0.05, 0) is 17.5 Å². The van der Waals surface area contributed by atoms with E-state index in [4.69, 9.17) is 0 Å². The molecule has 0 radical (unpaired) electrons. The van der Waals surface area contributed by atoms with Gasteiger partial charge < -0.3 is 10.3 Å². The van der Waals surface area contributed by atoms with Gasteiger partial charge in [-0.3, -0.25) is 9.00 Å². The van der Waals surface area contributed by atoms with Crippen LogP contribution in [0.5, 0.6) is 0 Å². The maximum absolute atomic E-state index is 11.8. The molecule has 0 spiro atoms. The summed E-state index contributed by atoms with van der Waals surface area (Å²) in [4.78, 5) is 14.6. The summed E-state index contributed by atoms with van der Waals surface area (Å²) in [7, 11) is -0.788. The molecular formula is C13H16N2O2S. The van der Waals surface area contributed by atoms with E-state index in [-0.39, 0.29) is 5.56 Å². The van der Waals surface area contributed by atoms with E-state index in [1.807, 2.05) is 31.2 Å². The van der Waals surface area contributed by atoms with Crippen LogP contribution in [0.25, 0.3) is 10.8 Å². The third-order valence-electron chi connectivity index (χ3n) is 2.72. The molecule has 2 rings (SSSR count). The molecule has 18 heavy (non-hydrogen) atoms. The molecular weight excluding hydrogens is 248 g/mol. The number of aromatic amines is 1. The van der Waals surface area contributed by atoms with Crippen LogP contribution in [0.4, 0.5) is 5.82 Å². The number of nitrogens with one attached hydrogen (secondary N) is 2. The lowest BCUT2D eigenvalue weighted by Gasteiger charge is -2.06. The van der Waals surface area contributed by atoms with E-state index in [2.05, 4.69) is 10.3 Å². The Bertz CT molecular complexity index is 622. The fourth-order valence-corrected chi connectivity index (χ4v) is 2.37. The number of rotatable bonds is 5. The van der Waals surface area contributed by atoms with Crippen molar-refractivity contribution in [3.05, 3.63) is 40.7 Å². The molecule has 0 aliphatic carbocycles. The number of pyridine rings is 1. The second-order valence-corrected chi connectivity index (χ2v) is 5.82. The predicted molar refractivity (Wildman–Crippen MR) is 76.6 cm³/mol. The zero-order valence-corrected chi connectivity index (χ0v) is 11.0. The molecule has 0 amide bonds. The van der Waals surface area contributed by atoms with E-state index < -0.39 is 10.8 Å². The van der Waals surface area contributed by atoms with Gasteiger partial charge in [0, 0.05) is 34.2 Å². The third-order valence-corrected chi connectivity index (χ3v) is 4.02. The lowest BCUT2D eigenvalue weighted by atomic mass is 10.2. The minimum atomic E-state index is -0.788. The summed E-state index contributed by atoms with van der Waals surface area (Å²) in [5.41, 5.74) is -0.104. The highest BCUT2D eigenvalue weighted by Crippen LogP contribution is 2.12. The lowest BCUT2D eigenvalue weighted by molar-refractivity contribution is 0.684. The van der Waals surface area contributed by atoms with Crippen molar-refractivity contribution in [2.45, 2.75) is 6.92 Å². The molecule has 1 aromatic heterocycles. The summed E-state index contributed by atoms with van der Waals surface area (Å²) < 4.78 is 11.3. The number of hydrogen-bond acceptors (Lipinski definition) is 3. The van der Waals surface area contributed by atoms with Crippen molar-refractivity contribution < 1.29 is 4.21 Å². The number of fused-ring (bicyclic) bond motifs is 1. The molecule has 0 fully saturated rings. The van der Waals surface area contributed by atoms with E-state index in [1.54, 1.807) is 6.07 Å². The molecule has 0 bridgehead atoms. The average molecular weight is 264 g/mol. The van der Waals surface area contributed by atoms with E-state index >= 15 is 0 Å². The quantitative estimate of drug-likeness (QED) is 0.864. The highest BCUT2D eigenvalue weighted by atomic mass is 32.2. The van der Waals surface area contributed by atoms with Crippen molar-refractivity contribution in [2.24, 2.45) is 0 Å². The van der Waals surface area contributed by atoms with Gasteiger partial charge in [-0.2, -0.15) is 0 Å². The second kappa shape index (κ2) is 5.82. The Labute approximate surface area is 108 Å². The van der Waals surface area contributed by atoms with Gasteiger partial charge in [0.15, 0.2) is 0 Å². The van der Waals surface area contributed by atoms with Crippen molar-refractivity contribution in [1.29, 1.82) is 0 Å². The van der Waals surface area contributed by atoms with Gasteiger partial charge in [0.05, 0.1) is 0 Å². The second-order valence-electron chi connectivity index (χ2n) is 3.96. The van der Waals surface area contributed by atoms with Gasteiger partial charge in [0.25, 0.3) is 5.56 Å². The molecule has 1 atom stereocenters. The Morgan fingerprint density at radius 2 is 2.11 bits per heavy atom. The first-order chi connectivity index (χ1) is 8.70. The highest BCUT2D eigenvalue weighted by Gasteiger charge is 2.01. The minimum Gasteiger partial charge on any atom is -0.371 e. The zero-order valence-electron chi connectivity index (χ0n) is 10.2. The Kier molecular flexibility index (Phi) is 4.15. The first-order valence-electron chi connectivity index (χ1n) is 5.91. The van der Waals surface area contributed by atoms with Gasteiger partial charge in [-0.25, -0.2) is 0 Å². The molecule has 0 aliphatic heterocycles. The van der Waals surface area contributed by atoms with E-state index in [0.29, 0.717) is 29.3 Å². The molecule has 96 valence electrons. The summed E-state index contributed by atoms with van der Waals surface area (Å²) in [5, 5.41) is 4.68. The highest BCUT2D eigenvalue weighted by molar-refractivity contribution is 7.84. The molecule has 4 nitrogen and oxygen atoms in total. The van der Waals surface area contributed by atoms with Gasteiger partial charge in [-0.15, -0.1) is 0 Å². The molecule has 0 saturated heterocycles. The van der Waals surface area contributed by atoms with Gasteiger partial charge in [0.1, 0.15) is 5.82 Å². The summed E-state index contributed by atoms with van der Waals surface area (Å²) in [6.07, 6.45) is 0. The van der Waals surface area contributed by atoms with Crippen LogP contribution < -0.4 is 10.9 Å². The fourth-order valence-electron chi connectivity index (χ4n) is 1.75. The van der Waals surface area contributed by atoms with E-state index in [0.717, 1.165) is 5.39 Å². The maximum atomic E-state index is 11.8. The number of aromatic nitrogens is 1. The van der Waals surface area contributed by atoms with Crippen molar-refractivity contribution in [3.8, 4) is 0 Å². The van der Waals surface area contributed by atoms with Gasteiger partial charge >= 0.3 is 0 Å². The molecule has 5 heteroatoms. The molecule has 1 aromatic carbocycles. The first kappa shape index (κ1) is 12.8. The molecule has 1 heterocycles. The summed E-state index contributed by atoms with van der Waals surface area (Å²) >= 11 is 0. The molecule has 1 unspecified atom stereocenters. The topological polar surface area (TPSA) is 62.0 Å². The molecule has 2 aromatic rings. The maximum Gasteiger partial charge on any atom is 0.257 e. The van der Waals surface area contributed by atoms with Crippen LogP contribution >= 0.6 is 0 Å². The largest absolute Gasteiger partial charge is 0.371 e. The smallest absolute Gasteiger partial charge is 0.257 e. The molecule has 0 aliphatic rings. The Morgan fingerprint density at radius 3 is 2.89 bits per heavy atom. The van der Waals surface area contributed by atoms with Crippen LogP contribution in [0.15, 0.2) is 35.1 Å². The first-order valence-corrected chi connectivity index (χ1v) is 7.40. The Hall–Kier alpha value is -1.62. The van der Waals surface area contributed by atoms with Crippen molar-refractivity contribution in [3.63, 3.8) is 0 Å². The number of hydrogen-bond donors (Lipinski definition) is 2. The van der Waals surface area contributed by atoms with Crippen LogP contribution in [0.2, 0.25) is 0 Å². The molecule has 0 saturated carbocycles. The number of H-pyrrole nitrogens is 1. The van der Waals surface area contributed by atoms with E-state index in [1.165, 1.54) is 0 Å². The number of benzene rings is 1. The Balaban J connectivity index is 2.15. The summed E-state index contributed by atoms with van der Waals surface area (Å²) in [5.74, 6) is 1.92. The normalized spacial score (nSPS) is 12.5. The van der Waals surface area contributed by atoms with Crippen molar-refractivity contribution in [1.82, 2.24) is 4.98 Å². The Morgan fingerprint density at radius 1 is 1.33 bits per heavy atom. The summed E-state index contributed by atoms with van der Waals surface area (Å²) in [6.45, 7) is 2.49. The van der Waals surface area contributed by atoms with Gasteiger partial charge in [0.2, 0.25) is 0 Å². The van der Waals surface area contributed by atoms with Crippen LogP contribution in [-0.2, 0) is 10.8 Å². The van der Waals surface area contributed by atoms with Crippen molar-refractivity contribution >= 4 is 27.4 Å². The SMILES string of the molecule is CCS(=O)CCNc1cc2ccccc2c(=O)[nH]1. The van der Waals surface area contributed by atoms with E-state index in [9.17, 15) is 9.00 Å². The van der Waals surface area contributed by atoms with Crippen molar-refractivity contribution in [2.75, 3.05) is 23.4 Å². The van der Waals surface area contributed by atoms with Crippen LogP contribution in [0, 0.1) is 0 Å². The van der Waals surface area contributed by atoms with Crippen LogP contribution in [0.1, 0.15) is 6.92 Å². The predicted octanol–water partition coefficient (Wildman–Crippen LogP) is 1.71. The minimum absolute atomic E-state index is 0.104. The standard InChI is InChI=1S/C13H16N2O2S/c1-2-18(17)8-7-14-12-9-10-5-3-4-6-11(10)13(16)15-12/h3-6,9H,2,7-8H2,1H3,(H2,14,15,16). The zero-order chi connectivity index (χ0) is 13.0. The van der Waals surface area contributed by atoms with Crippen LogP contribution in [0.3, 0.4) is 0 Å². The van der Waals surface area contributed by atoms with Crippen LogP contribution in [-0.4, -0.2) is 27.2 Å². The third kappa shape index (κ3) is 2.98. The number of anilines is 1. The monoisotopic (exact) mass is 264 g/mol. The lowest BCUT2D eigenvalue weighted by Crippen LogP contribution is -2.15. The molecule has 2 N–H and O–H groups in total. The summed E-state index contributed by atoms with van der Waals surface area (Å²) in [6, 6.07) is 9.34.